The molecule has 2 aromatic rings. The predicted octanol–water partition coefficient (Wildman–Crippen LogP) is 2.31. The van der Waals surface area contributed by atoms with Crippen LogP contribution < -0.4 is 4.90 Å². The van der Waals surface area contributed by atoms with Crippen molar-refractivity contribution in [1.29, 1.82) is 0 Å². The molecule has 1 aromatic heterocycles. The van der Waals surface area contributed by atoms with Crippen LogP contribution in [0.25, 0.3) is 0 Å². The highest BCUT2D eigenvalue weighted by atomic mass is 16.3. The first-order valence-corrected chi connectivity index (χ1v) is 5.29. The van der Waals surface area contributed by atoms with E-state index in [-0.39, 0.29) is 5.75 Å². The molecule has 1 aliphatic rings. The number of hydrogen-bond donors (Lipinski definition) is 1. The van der Waals surface area contributed by atoms with Gasteiger partial charge in [-0.05, 0) is 11.1 Å². The number of anilines is 1. The second-order valence-electron chi connectivity index (χ2n) is 4.03. The minimum atomic E-state index is 0.216. The maximum Gasteiger partial charge on any atom is 0.135 e. The van der Waals surface area contributed by atoms with Crippen molar-refractivity contribution >= 4 is 5.69 Å². The second-order valence-corrected chi connectivity index (χ2v) is 4.03. The summed E-state index contributed by atoms with van der Waals surface area (Å²) in [6, 6.07) is 10.2. The van der Waals surface area contributed by atoms with Gasteiger partial charge in [0.25, 0.3) is 0 Å². The first kappa shape index (κ1) is 9.21. The number of benzene rings is 1. The van der Waals surface area contributed by atoms with Gasteiger partial charge in [0.2, 0.25) is 0 Å². The lowest BCUT2D eigenvalue weighted by atomic mass is 10.1. The van der Waals surface area contributed by atoms with Crippen molar-refractivity contribution in [3.63, 3.8) is 0 Å². The molecule has 0 unspecified atom stereocenters. The second kappa shape index (κ2) is 3.52. The van der Waals surface area contributed by atoms with E-state index in [2.05, 4.69) is 34.1 Å². The predicted molar refractivity (Wildman–Crippen MR) is 62.2 cm³/mol. The topological polar surface area (TPSA) is 36.4 Å². The summed E-state index contributed by atoms with van der Waals surface area (Å²) >= 11 is 0. The van der Waals surface area contributed by atoms with Crippen LogP contribution >= 0.6 is 0 Å². The molecule has 0 fully saturated rings. The molecule has 1 aliphatic heterocycles. The third-order valence-corrected chi connectivity index (χ3v) is 2.92. The number of aromatic hydroxyl groups is 1. The van der Waals surface area contributed by atoms with Crippen molar-refractivity contribution in [3.05, 3.63) is 53.9 Å². The van der Waals surface area contributed by atoms with Crippen LogP contribution in [0, 0.1) is 0 Å². The van der Waals surface area contributed by atoms with Gasteiger partial charge in [-0.15, -0.1) is 0 Å². The van der Waals surface area contributed by atoms with Gasteiger partial charge in [0, 0.05) is 19.2 Å². The first-order chi connectivity index (χ1) is 7.83. The summed E-state index contributed by atoms with van der Waals surface area (Å²) in [6.45, 7) is 1.78. The molecule has 3 rings (SSSR count). The highest BCUT2D eigenvalue weighted by Gasteiger charge is 2.18. The van der Waals surface area contributed by atoms with Gasteiger partial charge >= 0.3 is 0 Å². The molecular formula is C13H12N2O. The van der Waals surface area contributed by atoms with Gasteiger partial charge in [-0.3, -0.25) is 4.98 Å². The Kier molecular flexibility index (Phi) is 2.03. The van der Waals surface area contributed by atoms with E-state index >= 15 is 0 Å². The molecule has 80 valence electrons. The SMILES string of the molecule is Oc1cncc(N2Cc3ccccc3C2)c1. The third-order valence-electron chi connectivity index (χ3n) is 2.92. The van der Waals surface area contributed by atoms with Crippen molar-refractivity contribution in [2.45, 2.75) is 13.1 Å². The molecule has 2 heterocycles. The van der Waals surface area contributed by atoms with Gasteiger partial charge in [-0.2, -0.15) is 0 Å². The lowest BCUT2D eigenvalue weighted by Gasteiger charge is -2.16. The van der Waals surface area contributed by atoms with Crippen molar-refractivity contribution in [1.82, 2.24) is 4.98 Å². The molecular weight excluding hydrogens is 200 g/mol. The molecule has 16 heavy (non-hydrogen) atoms. The first-order valence-electron chi connectivity index (χ1n) is 5.29. The standard InChI is InChI=1S/C13H12N2O/c16-13-5-12(6-14-7-13)15-8-10-3-1-2-4-11(10)9-15/h1-7,16H,8-9H2. The van der Waals surface area contributed by atoms with Crippen LogP contribution in [-0.2, 0) is 13.1 Å². The molecule has 0 saturated heterocycles. The van der Waals surface area contributed by atoms with Crippen LogP contribution in [0.5, 0.6) is 5.75 Å². The Labute approximate surface area is 94.0 Å². The zero-order valence-electron chi connectivity index (χ0n) is 8.80. The van der Waals surface area contributed by atoms with Crippen LogP contribution in [0.4, 0.5) is 5.69 Å². The normalized spacial score (nSPS) is 13.9. The van der Waals surface area contributed by atoms with Gasteiger partial charge in [-0.1, -0.05) is 24.3 Å². The Bertz CT molecular complexity index is 500. The molecule has 0 bridgehead atoms. The lowest BCUT2D eigenvalue weighted by molar-refractivity contribution is 0.472. The molecule has 0 aliphatic carbocycles. The fraction of sp³-hybridized carbons (Fsp3) is 0.154. The number of hydrogen-bond acceptors (Lipinski definition) is 3. The van der Waals surface area contributed by atoms with Gasteiger partial charge in [0.05, 0.1) is 18.1 Å². The fourth-order valence-corrected chi connectivity index (χ4v) is 2.10. The van der Waals surface area contributed by atoms with Crippen LogP contribution in [0.3, 0.4) is 0 Å². The number of nitrogens with zero attached hydrogens (tertiary/aromatic N) is 2. The Morgan fingerprint density at radius 2 is 1.75 bits per heavy atom. The summed E-state index contributed by atoms with van der Waals surface area (Å²) in [5.74, 6) is 0.216. The Balaban J connectivity index is 1.91. The largest absolute Gasteiger partial charge is 0.506 e. The molecule has 0 radical (unpaired) electrons. The summed E-state index contributed by atoms with van der Waals surface area (Å²) in [6.07, 6.45) is 3.23. The van der Waals surface area contributed by atoms with Gasteiger partial charge < -0.3 is 10.0 Å². The highest BCUT2D eigenvalue weighted by Crippen LogP contribution is 2.28. The minimum Gasteiger partial charge on any atom is -0.506 e. The molecule has 0 amide bonds. The number of pyridine rings is 1. The summed E-state index contributed by atoms with van der Waals surface area (Å²) in [5, 5.41) is 9.40. The van der Waals surface area contributed by atoms with E-state index in [1.54, 1.807) is 12.3 Å². The van der Waals surface area contributed by atoms with E-state index in [1.165, 1.54) is 17.3 Å². The van der Waals surface area contributed by atoms with E-state index in [9.17, 15) is 5.11 Å². The molecule has 1 N–H and O–H groups in total. The maximum atomic E-state index is 9.40. The van der Waals surface area contributed by atoms with Crippen molar-refractivity contribution in [3.8, 4) is 5.75 Å². The molecule has 0 spiro atoms. The van der Waals surface area contributed by atoms with Gasteiger partial charge in [-0.25, -0.2) is 0 Å². The number of rotatable bonds is 1. The number of fused-ring (bicyclic) bond motifs is 1. The third kappa shape index (κ3) is 1.50. The average Bonchev–Trinajstić information content (AvgIpc) is 2.72. The average molecular weight is 212 g/mol. The van der Waals surface area contributed by atoms with Crippen LogP contribution in [0.1, 0.15) is 11.1 Å². The van der Waals surface area contributed by atoms with Crippen molar-refractivity contribution in [2.75, 3.05) is 4.90 Å². The van der Waals surface area contributed by atoms with E-state index < -0.39 is 0 Å². The Hall–Kier alpha value is -2.03. The molecule has 3 heteroatoms. The van der Waals surface area contributed by atoms with E-state index in [0.29, 0.717) is 0 Å². The fourth-order valence-electron chi connectivity index (χ4n) is 2.10. The van der Waals surface area contributed by atoms with Crippen molar-refractivity contribution in [2.24, 2.45) is 0 Å². The Morgan fingerprint density at radius 3 is 2.38 bits per heavy atom. The van der Waals surface area contributed by atoms with E-state index in [1.807, 2.05) is 0 Å². The maximum absolute atomic E-state index is 9.40. The van der Waals surface area contributed by atoms with Crippen LogP contribution in [0.15, 0.2) is 42.7 Å². The number of aromatic nitrogens is 1. The smallest absolute Gasteiger partial charge is 0.135 e. The van der Waals surface area contributed by atoms with Gasteiger partial charge in [0.1, 0.15) is 5.75 Å². The summed E-state index contributed by atoms with van der Waals surface area (Å²) in [4.78, 5) is 6.21. The summed E-state index contributed by atoms with van der Waals surface area (Å²) in [7, 11) is 0. The van der Waals surface area contributed by atoms with Gasteiger partial charge in [0.15, 0.2) is 0 Å². The summed E-state index contributed by atoms with van der Waals surface area (Å²) < 4.78 is 0. The van der Waals surface area contributed by atoms with Crippen LogP contribution in [-0.4, -0.2) is 10.1 Å². The van der Waals surface area contributed by atoms with E-state index in [4.69, 9.17) is 0 Å². The quantitative estimate of drug-likeness (QED) is 0.788. The zero-order valence-corrected chi connectivity index (χ0v) is 8.80. The Morgan fingerprint density at radius 1 is 1.06 bits per heavy atom. The molecule has 1 aromatic carbocycles. The van der Waals surface area contributed by atoms with Crippen molar-refractivity contribution < 1.29 is 5.11 Å². The molecule has 0 atom stereocenters. The lowest BCUT2D eigenvalue weighted by Crippen LogP contribution is -2.14. The molecule has 0 saturated carbocycles. The zero-order chi connectivity index (χ0) is 11.0. The summed E-state index contributed by atoms with van der Waals surface area (Å²) in [5.41, 5.74) is 3.67. The van der Waals surface area contributed by atoms with E-state index in [0.717, 1.165) is 18.8 Å². The highest BCUT2D eigenvalue weighted by molar-refractivity contribution is 5.52. The van der Waals surface area contributed by atoms with Crippen LogP contribution in [0.2, 0.25) is 0 Å². The molecule has 3 nitrogen and oxygen atoms in total. The monoisotopic (exact) mass is 212 g/mol. The minimum absolute atomic E-state index is 0.216.